The molecular weight excluding hydrogens is 431 g/mol. The highest BCUT2D eigenvalue weighted by atomic mass is 127. The second kappa shape index (κ2) is 17.6. The van der Waals surface area contributed by atoms with E-state index in [1.165, 1.54) is 0 Å². The van der Waals surface area contributed by atoms with Gasteiger partial charge in [-0.25, -0.2) is 4.79 Å². The predicted molar refractivity (Wildman–Crippen MR) is 86.6 cm³/mol. The van der Waals surface area contributed by atoms with Crippen LogP contribution in [0, 0.1) is 0 Å². The van der Waals surface area contributed by atoms with Crippen molar-refractivity contribution in [3.05, 3.63) is 0 Å². The Balaban J connectivity index is 0. The summed E-state index contributed by atoms with van der Waals surface area (Å²) in [7, 11) is 7.83. The van der Waals surface area contributed by atoms with E-state index in [2.05, 4.69) is 26.5 Å². The molecule has 1 amide bonds. The van der Waals surface area contributed by atoms with Crippen LogP contribution in [0.3, 0.4) is 0 Å². The van der Waals surface area contributed by atoms with Crippen LogP contribution >= 0.6 is 0 Å². The van der Waals surface area contributed by atoms with Gasteiger partial charge in [-0.15, -0.1) is 0 Å². The van der Waals surface area contributed by atoms with Crippen LogP contribution in [0.2, 0.25) is 0 Å². The summed E-state index contributed by atoms with van der Waals surface area (Å²) in [5, 5.41) is 2.70. The number of nitrogens with zero attached hydrogens (tertiary/aromatic N) is 1. The van der Waals surface area contributed by atoms with Crippen LogP contribution in [0.15, 0.2) is 0 Å². The van der Waals surface area contributed by atoms with Crippen molar-refractivity contribution in [3.8, 4) is 0 Å². The summed E-state index contributed by atoms with van der Waals surface area (Å²) in [6, 6.07) is 0. The van der Waals surface area contributed by atoms with Gasteiger partial charge in [0.05, 0.1) is 80.5 Å². The minimum absolute atomic E-state index is 0. The van der Waals surface area contributed by atoms with Crippen LogP contribution in [-0.2, 0) is 23.7 Å². The molecule has 0 heterocycles. The highest BCUT2D eigenvalue weighted by Gasteiger charge is 2.08. The van der Waals surface area contributed by atoms with Gasteiger partial charge in [0.15, 0.2) is 0 Å². The van der Waals surface area contributed by atoms with E-state index in [0.29, 0.717) is 52.8 Å². The van der Waals surface area contributed by atoms with Crippen LogP contribution in [0.1, 0.15) is 0 Å². The maximum absolute atomic E-state index is 11.4. The first-order valence-corrected chi connectivity index (χ1v) is 7.89. The summed E-state index contributed by atoms with van der Waals surface area (Å²) in [6.45, 7) is 5.21. The first-order valence-electron chi connectivity index (χ1n) is 7.89. The predicted octanol–water partition coefficient (Wildman–Crippen LogP) is -2.88. The van der Waals surface area contributed by atoms with E-state index in [9.17, 15) is 4.79 Å². The molecule has 0 aromatic carbocycles. The zero-order valence-corrected chi connectivity index (χ0v) is 17.5. The summed E-state index contributed by atoms with van der Waals surface area (Å²) in [5.74, 6) is 0. The van der Waals surface area contributed by atoms with Crippen LogP contribution in [0.25, 0.3) is 0 Å². The Morgan fingerprint density at radius 2 is 1.29 bits per heavy atom. The lowest BCUT2D eigenvalue weighted by atomic mass is 10.5. The van der Waals surface area contributed by atoms with Gasteiger partial charge in [-0.1, -0.05) is 0 Å². The van der Waals surface area contributed by atoms with Crippen LogP contribution < -0.4 is 29.3 Å². The molecule has 0 fully saturated rings. The number of nitrogens with one attached hydrogen (secondary N) is 1. The van der Waals surface area contributed by atoms with Crippen molar-refractivity contribution in [1.29, 1.82) is 0 Å². The fourth-order valence-corrected chi connectivity index (χ4v) is 1.42. The fourth-order valence-electron chi connectivity index (χ4n) is 1.42. The lowest BCUT2D eigenvalue weighted by Gasteiger charge is -2.23. The Morgan fingerprint density at radius 3 is 1.75 bits per heavy atom. The molecule has 0 aromatic rings. The van der Waals surface area contributed by atoms with Gasteiger partial charge in [0, 0.05) is 7.11 Å². The quantitative estimate of drug-likeness (QED) is 0.160. The van der Waals surface area contributed by atoms with Gasteiger partial charge in [0.2, 0.25) is 0 Å². The van der Waals surface area contributed by atoms with Crippen molar-refractivity contribution in [1.82, 2.24) is 5.32 Å². The molecule has 0 unspecified atom stereocenters. The van der Waals surface area contributed by atoms with E-state index >= 15 is 0 Å². The van der Waals surface area contributed by atoms with Gasteiger partial charge in [-0.2, -0.15) is 0 Å². The minimum Gasteiger partial charge on any atom is -1.00 e. The Labute approximate surface area is 162 Å². The molecule has 146 valence electrons. The maximum atomic E-state index is 11.4. The number of hydrogen-bond donors (Lipinski definition) is 1. The third-order valence-corrected chi connectivity index (χ3v) is 2.69. The molecule has 0 saturated carbocycles. The number of ether oxygens (including phenoxy) is 5. The molecule has 0 bridgehead atoms. The number of hydrogen-bond acceptors (Lipinski definition) is 6. The monoisotopic (exact) mass is 464 g/mol. The number of halogens is 1. The minimum atomic E-state index is -0.411. The molecule has 0 radical (unpaired) electrons. The molecule has 0 aliphatic heterocycles. The molecule has 0 atom stereocenters. The third-order valence-electron chi connectivity index (χ3n) is 2.69. The molecule has 24 heavy (non-hydrogen) atoms. The zero-order chi connectivity index (χ0) is 17.4. The number of methoxy groups -OCH3 is 1. The Kier molecular flexibility index (Phi) is 19.1. The molecular formula is C15H33IN2O6. The first kappa shape index (κ1) is 26.0. The van der Waals surface area contributed by atoms with E-state index < -0.39 is 6.09 Å². The van der Waals surface area contributed by atoms with Crippen molar-refractivity contribution < 1.29 is 56.9 Å². The van der Waals surface area contributed by atoms with Gasteiger partial charge in [0.1, 0.15) is 6.61 Å². The largest absolute Gasteiger partial charge is 1.00 e. The first-order chi connectivity index (χ1) is 11.0. The maximum Gasteiger partial charge on any atom is 0.407 e. The van der Waals surface area contributed by atoms with Gasteiger partial charge >= 0.3 is 6.09 Å². The van der Waals surface area contributed by atoms with Gasteiger partial charge in [-0.3, -0.25) is 0 Å². The third kappa shape index (κ3) is 21.8. The molecule has 9 heteroatoms. The van der Waals surface area contributed by atoms with Crippen molar-refractivity contribution in [2.24, 2.45) is 0 Å². The number of likely N-dealkylation sites (N-methyl/N-ethyl adjacent to an activating group) is 1. The summed E-state index contributed by atoms with van der Waals surface area (Å²) < 4.78 is 26.5. The van der Waals surface area contributed by atoms with Gasteiger partial charge in [-0.05, 0) is 0 Å². The SMILES string of the molecule is COCCOCCOCCOCCOC(=O)NCC[N+](C)(C)C.[I-]. The van der Waals surface area contributed by atoms with E-state index in [4.69, 9.17) is 23.7 Å². The van der Waals surface area contributed by atoms with Crippen molar-refractivity contribution in [2.75, 3.05) is 94.2 Å². The van der Waals surface area contributed by atoms with Crippen LogP contribution in [0.4, 0.5) is 4.79 Å². The normalized spacial score (nSPS) is 11.0. The molecule has 0 rings (SSSR count). The van der Waals surface area contributed by atoms with E-state index in [0.717, 1.165) is 11.0 Å². The lowest BCUT2D eigenvalue weighted by Crippen LogP contribution is -3.00. The molecule has 0 aromatic heterocycles. The topological polar surface area (TPSA) is 75.2 Å². The van der Waals surface area contributed by atoms with Crippen molar-refractivity contribution in [3.63, 3.8) is 0 Å². The summed E-state index contributed by atoms with van der Waals surface area (Å²) >= 11 is 0. The summed E-state index contributed by atoms with van der Waals surface area (Å²) in [5.41, 5.74) is 0. The van der Waals surface area contributed by atoms with Crippen molar-refractivity contribution in [2.45, 2.75) is 0 Å². The molecule has 0 saturated heterocycles. The zero-order valence-electron chi connectivity index (χ0n) is 15.3. The van der Waals surface area contributed by atoms with Crippen LogP contribution in [0.5, 0.6) is 0 Å². The Hall–Kier alpha value is -0.200. The number of rotatable bonds is 15. The molecule has 8 nitrogen and oxygen atoms in total. The summed E-state index contributed by atoms with van der Waals surface area (Å²) in [6.07, 6.45) is -0.411. The molecule has 1 N–H and O–H groups in total. The second-order valence-corrected chi connectivity index (χ2v) is 5.91. The molecule has 0 aliphatic rings. The van der Waals surface area contributed by atoms with Gasteiger partial charge < -0.3 is 57.5 Å². The molecule has 0 aliphatic carbocycles. The number of carbonyl (C=O) groups excluding carboxylic acids is 1. The average molecular weight is 464 g/mol. The standard InChI is InChI=1S/C15H32N2O6.HI/c1-17(2,3)6-5-16-15(18)23-14-13-22-12-11-21-10-9-20-8-7-19-4;/h5-14H2,1-4H3;1H. The van der Waals surface area contributed by atoms with E-state index in [1.807, 2.05) is 0 Å². The number of alkyl carbamates (subject to hydrolysis) is 1. The lowest BCUT2D eigenvalue weighted by molar-refractivity contribution is -0.869. The number of quaternary nitrogens is 1. The Morgan fingerprint density at radius 1 is 0.833 bits per heavy atom. The average Bonchev–Trinajstić information content (AvgIpc) is 2.47. The highest BCUT2D eigenvalue weighted by Crippen LogP contribution is 1.88. The number of carbonyl (C=O) groups is 1. The van der Waals surface area contributed by atoms with Gasteiger partial charge in [0.25, 0.3) is 0 Å². The Bertz CT molecular complexity index is 290. The number of amides is 1. The fraction of sp³-hybridized carbons (Fsp3) is 0.933. The summed E-state index contributed by atoms with van der Waals surface area (Å²) in [4.78, 5) is 11.4. The highest BCUT2D eigenvalue weighted by molar-refractivity contribution is 5.66. The molecule has 0 spiro atoms. The second-order valence-electron chi connectivity index (χ2n) is 5.91. The smallest absolute Gasteiger partial charge is 0.407 e. The van der Waals surface area contributed by atoms with E-state index in [1.54, 1.807) is 7.11 Å². The van der Waals surface area contributed by atoms with Crippen LogP contribution in [-0.4, -0.2) is 105 Å². The van der Waals surface area contributed by atoms with E-state index in [-0.39, 0.29) is 30.6 Å². The van der Waals surface area contributed by atoms with Crippen molar-refractivity contribution >= 4 is 6.09 Å².